The third-order valence-electron chi connectivity index (χ3n) is 2.53. The van der Waals surface area contributed by atoms with E-state index in [4.69, 9.17) is 17.3 Å². The number of nitrogens with two attached hydrogens (primary N) is 1. The standard InChI is InChI=1S/C11H12ClNO/c12-10(11(13)14)9-5-3-8(4-6-9)7-1-2-7/h3-7,10H,1-2H2,(H2,13,14). The van der Waals surface area contributed by atoms with Gasteiger partial charge in [-0.05, 0) is 29.9 Å². The Morgan fingerprint density at radius 3 is 2.36 bits per heavy atom. The summed E-state index contributed by atoms with van der Waals surface area (Å²) in [6.07, 6.45) is 2.55. The summed E-state index contributed by atoms with van der Waals surface area (Å²) >= 11 is 5.81. The van der Waals surface area contributed by atoms with Gasteiger partial charge in [0.15, 0.2) is 0 Å². The van der Waals surface area contributed by atoms with Crippen LogP contribution in [0.2, 0.25) is 0 Å². The molecule has 0 aromatic heterocycles. The quantitative estimate of drug-likeness (QED) is 0.763. The van der Waals surface area contributed by atoms with Crippen molar-refractivity contribution in [2.75, 3.05) is 0 Å². The van der Waals surface area contributed by atoms with Gasteiger partial charge in [-0.2, -0.15) is 0 Å². The van der Waals surface area contributed by atoms with E-state index in [0.717, 1.165) is 11.5 Å². The zero-order valence-corrected chi connectivity index (χ0v) is 8.50. The smallest absolute Gasteiger partial charge is 0.240 e. The van der Waals surface area contributed by atoms with Gasteiger partial charge in [-0.1, -0.05) is 24.3 Å². The van der Waals surface area contributed by atoms with E-state index in [2.05, 4.69) is 0 Å². The molecule has 0 spiro atoms. The Balaban J connectivity index is 2.16. The minimum absolute atomic E-state index is 0.495. The molecule has 3 heteroatoms. The lowest BCUT2D eigenvalue weighted by Gasteiger charge is -2.06. The second kappa shape index (κ2) is 3.62. The summed E-state index contributed by atoms with van der Waals surface area (Å²) < 4.78 is 0. The minimum atomic E-state index is -0.705. The van der Waals surface area contributed by atoms with Crippen molar-refractivity contribution < 1.29 is 4.79 Å². The maximum Gasteiger partial charge on any atom is 0.240 e. The van der Waals surface area contributed by atoms with Crippen LogP contribution in [0.25, 0.3) is 0 Å². The summed E-state index contributed by atoms with van der Waals surface area (Å²) in [6, 6.07) is 7.84. The van der Waals surface area contributed by atoms with Crippen LogP contribution in [0.15, 0.2) is 24.3 Å². The number of hydrogen-bond donors (Lipinski definition) is 1. The van der Waals surface area contributed by atoms with Gasteiger partial charge in [0.1, 0.15) is 5.38 Å². The molecule has 0 saturated heterocycles. The van der Waals surface area contributed by atoms with Crippen molar-refractivity contribution >= 4 is 17.5 Å². The molecule has 14 heavy (non-hydrogen) atoms. The Morgan fingerprint density at radius 2 is 1.93 bits per heavy atom. The molecule has 2 N–H and O–H groups in total. The number of carbonyl (C=O) groups is 1. The van der Waals surface area contributed by atoms with Gasteiger partial charge in [0.05, 0.1) is 0 Å². The molecular weight excluding hydrogens is 198 g/mol. The number of benzene rings is 1. The molecule has 1 aliphatic rings. The number of primary amides is 1. The van der Waals surface area contributed by atoms with Crippen molar-refractivity contribution in [3.05, 3.63) is 35.4 Å². The average Bonchev–Trinajstić information content (AvgIpc) is 3.00. The zero-order chi connectivity index (χ0) is 10.1. The average molecular weight is 210 g/mol. The lowest BCUT2D eigenvalue weighted by molar-refractivity contribution is -0.117. The highest BCUT2D eigenvalue weighted by atomic mass is 35.5. The normalized spacial score (nSPS) is 17.8. The SMILES string of the molecule is NC(=O)C(Cl)c1ccc(C2CC2)cc1. The third kappa shape index (κ3) is 1.90. The predicted octanol–water partition coefficient (Wildman–Crippen LogP) is 2.33. The summed E-state index contributed by atoms with van der Waals surface area (Å²) in [5.74, 6) is 0.234. The maximum absolute atomic E-state index is 10.8. The van der Waals surface area contributed by atoms with Gasteiger partial charge in [0.2, 0.25) is 5.91 Å². The highest BCUT2D eigenvalue weighted by Gasteiger charge is 2.23. The molecule has 1 saturated carbocycles. The van der Waals surface area contributed by atoms with Crippen LogP contribution in [0.1, 0.15) is 35.3 Å². The molecule has 0 radical (unpaired) electrons. The van der Waals surface area contributed by atoms with Crippen molar-refractivity contribution in [2.24, 2.45) is 5.73 Å². The van der Waals surface area contributed by atoms with E-state index < -0.39 is 11.3 Å². The van der Waals surface area contributed by atoms with E-state index in [1.54, 1.807) is 0 Å². The highest BCUT2D eigenvalue weighted by Crippen LogP contribution is 2.40. The van der Waals surface area contributed by atoms with Gasteiger partial charge < -0.3 is 5.73 Å². The van der Waals surface area contributed by atoms with E-state index in [1.165, 1.54) is 18.4 Å². The Bertz CT molecular complexity index is 343. The number of halogens is 1. The minimum Gasteiger partial charge on any atom is -0.368 e. The fourth-order valence-electron chi connectivity index (χ4n) is 1.52. The van der Waals surface area contributed by atoms with Crippen LogP contribution in [-0.2, 0) is 4.79 Å². The molecule has 2 rings (SSSR count). The molecule has 0 aliphatic heterocycles. The molecular formula is C11H12ClNO. The van der Waals surface area contributed by atoms with Gasteiger partial charge in [-0.15, -0.1) is 11.6 Å². The fourth-order valence-corrected chi connectivity index (χ4v) is 1.66. The second-order valence-corrected chi connectivity index (χ2v) is 4.14. The number of carbonyl (C=O) groups excluding carboxylic acids is 1. The predicted molar refractivity (Wildman–Crippen MR) is 56.2 cm³/mol. The number of alkyl halides is 1. The molecule has 74 valence electrons. The van der Waals surface area contributed by atoms with Gasteiger partial charge >= 0.3 is 0 Å². The fraction of sp³-hybridized carbons (Fsp3) is 0.364. The van der Waals surface area contributed by atoms with Gasteiger partial charge in [0, 0.05) is 0 Å². The Labute approximate surface area is 88.1 Å². The van der Waals surface area contributed by atoms with Crippen LogP contribution >= 0.6 is 11.6 Å². The first kappa shape index (κ1) is 9.53. The van der Waals surface area contributed by atoms with Crippen molar-refractivity contribution in [3.63, 3.8) is 0 Å². The Kier molecular flexibility index (Phi) is 2.46. The number of amides is 1. The molecule has 2 nitrogen and oxygen atoms in total. The van der Waals surface area contributed by atoms with Crippen LogP contribution in [0.4, 0.5) is 0 Å². The lowest BCUT2D eigenvalue weighted by Crippen LogP contribution is -2.16. The first-order valence-electron chi connectivity index (χ1n) is 4.71. The first-order valence-corrected chi connectivity index (χ1v) is 5.15. The maximum atomic E-state index is 10.8. The van der Waals surface area contributed by atoms with Crippen LogP contribution in [0.5, 0.6) is 0 Å². The van der Waals surface area contributed by atoms with Gasteiger partial charge in [-0.25, -0.2) is 0 Å². The van der Waals surface area contributed by atoms with Crippen LogP contribution in [0.3, 0.4) is 0 Å². The molecule has 1 aromatic carbocycles. The summed E-state index contributed by atoms with van der Waals surface area (Å²) in [5.41, 5.74) is 7.22. The topological polar surface area (TPSA) is 43.1 Å². The molecule has 1 aliphatic carbocycles. The molecule has 1 aromatic rings. The molecule has 1 amide bonds. The van der Waals surface area contributed by atoms with Crippen molar-refractivity contribution in [2.45, 2.75) is 24.1 Å². The monoisotopic (exact) mass is 209 g/mol. The molecule has 1 fully saturated rings. The molecule has 1 unspecified atom stereocenters. The van der Waals surface area contributed by atoms with Crippen molar-refractivity contribution in [1.29, 1.82) is 0 Å². The van der Waals surface area contributed by atoms with E-state index in [-0.39, 0.29) is 0 Å². The van der Waals surface area contributed by atoms with Gasteiger partial charge in [0.25, 0.3) is 0 Å². The zero-order valence-electron chi connectivity index (χ0n) is 7.74. The van der Waals surface area contributed by atoms with Gasteiger partial charge in [-0.3, -0.25) is 4.79 Å². The van der Waals surface area contributed by atoms with E-state index in [1.807, 2.05) is 24.3 Å². The van der Waals surface area contributed by atoms with Crippen LogP contribution in [-0.4, -0.2) is 5.91 Å². The molecule has 0 heterocycles. The van der Waals surface area contributed by atoms with E-state index in [0.29, 0.717) is 0 Å². The van der Waals surface area contributed by atoms with Crippen LogP contribution in [0, 0.1) is 0 Å². The van der Waals surface area contributed by atoms with Crippen molar-refractivity contribution in [1.82, 2.24) is 0 Å². The lowest BCUT2D eigenvalue weighted by atomic mass is 10.1. The summed E-state index contributed by atoms with van der Waals surface area (Å²) in [5, 5.41) is -0.705. The number of rotatable bonds is 3. The van der Waals surface area contributed by atoms with E-state index in [9.17, 15) is 4.79 Å². The summed E-state index contributed by atoms with van der Waals surface area (Å²) in [7, 11) is 0. The summed E-state index contributed by atoms with van der Waals surface area (Å²) in [6.45, 7) is 0. The van der Waals surface area contributed by atoms with Crippen LogP contribution < -0.4 is 5.73 Å². The number of hydrogen-bond acceptors (Lipinski definition) is 1. The second-order valence-electron chi connectivity index (χ2n) is 3.71. The third-order valence-corrected chi connectivity index (χ3v) is 2.99. The molecule has 1 atom stereocenters. The first-order chi connectivity index (χ1) is 6.68. The largest absolute Gasteiger partial charge is 0.368 e. The van der Waals surface area contributed by atoms with Crippen molar-refractivity contribution in [3.8, 4) is 0 Å². The van der Waals surface area contributed by atoms with E-state index >= 15 is 0 Å². The molecule has 0 bridgehead atoms. The highest BCUT2D eigenvalue weighted by molar-refractivity contribution is 6.30. The Morgan fingerprint density at radius 1 is 1.36 bits per heavy atom. The summed E-state index contributed by atoms with van der Waals surface area (Å²) in [4.78, 5) is 10.8. The Hall–Kier alpha value is -1.02.